The number of nitrogens with zero attached hydrogens (tertiary/aromatic N) is 2. The Morgan fingerprint density at radius 3 is 2.86 bits per heavy atom. The van der Waals surface area contributed by atoms with Gasteiger partial charge in [0.1, 0.15) is 5.82 Å². The van der Waals surface area contributed by atoms with Crippen LogP contribution in [0.5, 0.6) is 0 Å². The standard InChI is InChI=1S/C16H19FN4S/c17-15-8-4-1-5-12(15)10-21-11-14(9-18-21)20-16(22)19-13-6-2-3-7-13/h1,4-5,8-9,11,13H,2-3,6-7,10H2,(H2,19,20,22). The van der Waals surface area contributed by atoms with Gasteiger partial charge in [0, 0.05) is 17.8 Å². The third-order valence-corrected chi connectivity index (χ3v) is 4.09. The lowest BCUT2D eigenvalue weighted by Gasteiger charge is -2.14. The van der Waals surface area contributed by atoms with Gasteiger partial charge in [0.05, 0.1) is 18.4 Å². The smallest absolute Gasteiger partial charge is 0.171 e. The molecule has 6 heteroatoms. The lowest BCUT2D eigenvalue weighted by molar-refractivity contribution is 0.585. The highest BCUT2D eigenvalue weighted by atomic mass is 32.1. The second-order valence-corrected chi connectivity index (χ2v) is 6.01. The molecule has 0 aliphatic heterocycles. The third-order valence-electron chi connectivity index (χ3n) is 3.87. The fourth-order valence-electron chi connectivity index (χ4n) is 2.74. The van der Waals surface area contributed by atoms with Crippen LogP contribution in [-0.2, 0) is 6.54 Å². The van der Waals surface area contributed by atoms with Crippen LogP contribution in [0.2, 0.25) is 0 Å². The fourth-order valence-corrected chi connectivity index (χ4v) is 3.02. The number of benzene rings is 1. The zero-order chi connectivity index (χ0) is 15.4. The van der Waals surface area contributed by atoms with Crippen molar-refractivity contribution < 1.29 is 4.39 Å². The molecule has 0 unspecified atom stereocenters. The minimum atomic E-state index is -0.217. The highest BCUT2D eigenvalue weighted by molar-refractivity contribution is 7.80. The van der Waals surface area contributed by atoms with E-state index in [9.17, 15) is 4.39 Å². The Balaban J connectivity index is 1.56. The third kappa shape index (κ3) is 3.82. The molecule has 0 amide bonds. The fraction of sp³-hybridized carbons (Fsp3) is 0.375. The summed E-state index contributed by atoms with van der Waals surface area (Å²) < 4.78 is 15.3. The normalized spacial score (nSPS) is 15.0. The summed E-state index contributed by atoms with van der Waals surface area (Å²) in [6.45, 7) is 0.400. The van der Waals surface area contributed by atoms with Gasteiger partial charge in [-0.15, -0.1) is 0 Å². The number of halogens is 1. The van der Waals surface area contributed by atoms with Gasteiger partial charge in [-0.2, -0.15) is 5.10 Å². The maximum Gasteiger partial charge on any atom is 0.171 e. The number of rotatable bonds is 4. The Hall–Kier alpha value is -1.95. The molecular weight excluding hydrogens is 299 g/mol. The van der Waals surface area contributed by atoms with E-state index in [1.54, 1.807) is 23.0 Å². The molecule has 1 aromatic carbocycles. The summed E-state index contributed by atoms with van der Waals surface area (Å²) in [5.74, 6) is -0.217. The van der Waals surface area contributed by atoms with Gasteiger partial charge in [-0.05, 0) is 31.1 Å². The number of thiocarbonyl (C=S) groups is 1. The average Bonchev–Trinajstić information content (AvgIpc) is 3.14. The first-order chi connectivity index (χ1) is 10.7. The van der Waals surface area contributed by atoms with Gasteiger partial charge >= 0.3 is 0 Å². The van der Waals surface area contributed by atoms with Crippen LogP contribution in [-0.4, -0.2) is 20.9 Å². The van der Waals surface area contributed by atoms with Crippen LogP contribution in [0.4, 0.5) is 10.1 Å². The topological polar surface area (TPSA) is 41.9 Å². The Morgan fingerprint density at radius 2 is 2.09 bits per heavy atom. The largest absolute Gasteiger partial charge is 0.360 e. The van der Waals surface area contributed by atoms with Crippen molar-refractivity contribution in [3.63, 3.8) is 0 Å². The van der Waals surface area contributed by atoms with E-state index in [4.69, 9.17) is 12.2 Å². The maximum atomic E-state index is 13.6. The van der Waals surface area contributed by atoms with Crippen molar-refractivity contribution in [2.24, 2.45) is 0 Å². The highest BCUT2D eigenvalue weighted by Gasteiger charge is 2.15. The van der Waals surface area contributed by atoms with Crippen molar-refractivity contribution in [1.82, 2.24) is 15.1 Å². The molecule has 1 aliphatic carbocycles. The predicted octanol–water partition coefficient (Wildman–Crippen LogP) is 3.30. The Kier molecular flexibility index (Phi) is 4.68. The molecule has 0 radical (unpaired) electrons. The first kappa shape index (κ1) is 15.0. The molecule has 3 rings (SSSR count). The summed E-state index contributed by atoms with van der Waals surface area (Å²) >= 11 is 5.31. The quantitative estimate of drug-likeness (QED) is 0.849. The van der Waals surface area contributed by atoms with Crippen LogP contribution >= 0.6 is 12.2 Å². The van der Waals surface area contributed by atoms with Gasteiger partial charge in [0.25, 0.3) is 0 Å². The number of nitrogens with one attached hydrogen (secondary N) is 2. The molecular formula is C16H19FN4S. The summed E-state index contributed by atoms with van der Waals surface area (Å²) in [5, 5.41) is 11.3. The summed E-state index contributed by atoms with van der Waals surface area (Å²) in [5.41, 5.74) is 1.43. The van der Waals surface area contributed by atoms with Crippen LogP contribution in [0, 0.1) is 5.82 Å². The van der Waals surface area contributed by atoms with Gasteiger partial charge in [0.2, 0.25) is 0 Å². The molecule has 1 fully saturated rings. The van der Waals surface area contributed by atoms with Crippen molar-refractivity contribution >= 4 is 23.0 Å². The zero-order valence-electron chi connectivity index (χ0n) is 12.3. The second-order valence-electron chi connectivity index (χ2n) is 5.60. The van der Waals surface area contributed by atoms with Crippen LogP contribution in [0.3, 0.4) is 0 Å². The molecule has 0 spiro atoms. The summed E-state index contributed by atoms with van der Waals surface area (Å²) in [4.78, 5) is 0. The molecule has 116 valence electrons. The Bertz CT molecular complexity index is 649. The first-order valence-electron chi connectivity index (χ1n) is 7.54. The molecule has 1 heterocycles. The van der Waals surface area contributed by atoms with E-state index < -0.39 is 0 Å². The predicted molar refractivity (Wildman–Crippen MR) is 89.3 cm³/mol. The molecule has 1 aromatic heterocycles. The molecule has 4 nitrogen and oxygen atoms in total. The molecule has 0 saturated heterocycles. The minimum absolute atomic E-state index is 0.217. The van der Waals surface area contributed by atoms with E-state index in [0.29, 0.717) is 23.3 Å². The molecule has 2 aromatic rings. The van der Waals surface area contributed by atoms with Crippen molar-refractivity contribution in [2.75, 3.05) is 5.32 Å². The number of anilines is 1. The zero-order valence-corrected chi connectivity index (χ0v) is 13.1. The number of hydrogen-bond donors (Lipinski definition) is 2. The number of hydrogen-bond acceptors (Lipinski definition) is 2. The van der Waals surface area contributed by atoms with Crippen LogP contribution < -0.4 is 10.6 Å². The molecule has 0 bridgehead atoms. The van der Waals surface area contributed by atoms with Crippen molar-refractivity contribution in [1.29, 1.82) is 0 Å². The molecule has 2 N–H and O–H groups in total. The van der Waals surface area contributed by atoms with Gasteiger partial charge in [-0.3, -0.25) is 4.68 Å². The molecule has 22 heavy (non-hydrogen) atoms. The summed E-state index contributed by atoms with van der Waals surface area (Å²) in [6.07, 6.45) is 8.41. The van der Waals surface area contributed by atoms with Crippen LogP contribution in [0.25, 0.3) is 0 Å². The second kappa shape index (κ2) is 6.87. The maximum absolute atomic E-state index is 13.6. The average molecular weight is 318 g/mol. The molecule has 1 saturated carbocycles. The van der Waals surface area contributed by atoms with E-state index in [-0.39, 0.29) is 5.82 Å². The lowest BCUT2D eigenvalue weighted by atomic mass is 10.2. The van der Waals surface area contributed by atoms with Crippen molar-refractivity contribution in [2.45, 2.75) is 38.3 Å². The molecule has 1 aliphatic rings. The molecule has 0 atom stereocenters. The van der Waals surface area contributed by atoms with Crippen LogP contribution in [0.15, 0.2) is 36.7 Å². The van der Waals surface area contributed by atoms with E-state index in [1.165, 1.54) is 31.7 Å². The van der Waals surface area contributed by atoms with Crippen LogP contribution in [0.1, 0.15) is 31.2 Å². The van der Waals surface area contributed by atoms with E-state index in [2.05, 4.69) is 15.7 Å². The van der Waals surface area contributed by atoms with E-state index >= 15 is 0 Å². The highest BCUT2D eigenvalue weighted by Crippen LogP contribution is 2.18. The monoisotopic (exact) mass is 318 g/mol. The van der Waals surface area contributed by atoms with Gasteiger partial charge in [-0.25, -0.2) is 4.39 Å². The number of aromatic nitrogens is 2. The Morgan fingerprint density at radius 1 is 1.32 bits per heavy atom. The van der Waals surface area contributed by atoms with E-state index in [1.807, 2.05) is 12.3 Å². The summed E-state index contributed by atoms with van der Waals surface area (Å²) in [6, 6.07) is 7.20. The lowest BCUT2D eigenvalue weighted by Crippen LogP contribution is -2.35. The first-order valence-corrected chi connectivity index (χ1v) is 7.95. The van der Waals surface area contributed by atoms with Crippen molar-refractivity contribution in [3.05, 3.63) is 48.0 Å². The van der Waals surface area contributed by atoms with Gasteiger partial charge < -0.3 is 10.6 Å². The Labute approximate surface area is 134 Å². The minimum Gasteiger partial charge on any atom is -0.360 e. The van der Waals surface area contributed by atoms with Crippen molar-refractivity contribution in [3.8, 4) is 0 Å². The summed E-state index contributed by atoms with van der Waals surface area (Å²) in [7, 11) is 0. The van der Waals surface area contributed by atoms with Gasteiger partial charge in [0.15, 0.2) is 5.11 Å². The SMILES string of the molecule is Fc1ccccc1Cn1cc(NC(=S)NC2CCCC2)cn1. The van der Waals surface area contributed by atoms with Gasteiger partial charge in [-0.1, -0.05) is 31.0 Å². The van der Waals surface area contributed by atoms with E-state index in [0.717, 1.165) is 5.69 Å².